The van der Waals surface area contributed by atoms with Crippen LogP contribution >= 0.6 is 0 Å². The van der Waals surface area contributed by atoms with Crippen molar-refractivity contribution in [1.29, 1.82) is 0 Å². The van der Waals surface area contributed by atoms with Crippen LogP contribution in [0.4, 0.5) is 0 Å². The van der Waals surface area contributed by atoms with Crippen molar-refractivity contribution in [3.8, 4) is 0 Å². The molecule has 0 atom stereocenters. The minimum absolute atomic E-state index is 0.183. The second kappa shape index (κ2) is 2.81. The molecule has 1 N–H and O–H groups in total. The van der Waals surface area contributed by atoms with E-state index in [9.17, 15) is 9.59 Å². The SMILES string of the molecule is Cc1cc(C(=O)O)c(=O)n(C)c1. The van der Waals surface area contributed by atoms with Crippen LogP contribution in [0.5, 0.6) is 0 Å². The van der Waals surface area contributed by atoms with Gasteiger partial charge in [0.15, 0.2) is 0 Å². The Morgan fingerprint density at radius 3 is 2.67 bits per heavy atom. The third-order valence-electron chi connectivity index (χ3n) is 1.55. The number of hydrogen-bond acceptors (Lipinski definition) is 2. The lowest BCUT2D eigenvalue weighted by molar-refractivity contribution is 0.0694. The van der Waals surface area contributed by atoms with Crippen molar-refractivity contribution in [3.05, 3.63) is 33.7 Å². The molecule has 0 unspecified atom stereocenters. The number of nitrogens with zero attached hydrogens (tertiary/aromatic N) is 1. The van der Waals surface area contributed by atoms with Crippen LogP contribution in [0.3, 0.4) is 0 Å². The van der Waals surface area contributed by atoms with Crippen LogP contribution in [-0.2, 0) is 7.05 Å². The van der Waals surface area contributed by atoms with Crippen molar-refractivity contribution < 1.29 is 9.90 Å². The van der Waals surface area contributed by atoms with Gasteiger partial charge in [-0.15, -0.1) is 0 Å². The van der Waals surface area contributed by atoms with Gasteiger partial charge >= 0.3 is 5.97 Å². The number of aromatic carboxylic acids is 1. The van der Waals surface area contributed by atoms with Crippen molar-refractivity contribution in [1.82, 2.24) is 4.57 Å². The summed E-state index contributed by atoms with van der Waals surface area (Å²) in [6.45, 7) is 1.74. The van der Waals surface area contributed by atoms with Crippen LogP contribution in [0.2, 0.25) is 0 Å². The highest BCUT2D eigenvalue weighted by atomic mass is 16.4. The Hall–Kier alpha value is -1.58. The van der Waals surface area contributed by atoms with Gasteiger partial charge in [0.2, 0.25) is 0 Å². The van der Waals surface area contributed by atoms with Crippen molar-refractivity contribution in [2.24, 2.45) is 7.05 Å². The number of carboxylic acid groups (broad SMARTS) is 1. The number of pyridine rings is 1. The Labute approximate surface area is 69.1 Å². The van der Waals surface area contributed by atoms with E-state index in [1.165, 1.54) is 17.7 Å². The molecule has 1 heterocycles. The molecule has 64 valence electrons. The molecule has 4 nitrogen and oxygen atoms in total. The molecule has 0 aliphatic carbocycles. The number of carboxylic acids is 1. The summed E-state index contributed by atoms with van der Waals surface area (Å²) in [6, 6.07) is 1.37. The molecule has 0 fully saturated rings. The van der Waals surface area contributed by atoms with E-state index >= 15 is 0 Å². The predicted octanol–water partition coefficient (Wildman–Crippen LogP) is 0.392. The van der Waals surface area contributed by atoms with Gasteiger partial charge in [-0.3, -0.25) is 4.79 Å². The minimum atomic E-state index is -1.18. The standard InChI is InChI=1S/C8H9NO3/c1-5-3-6(8(11)12)7(10)9(2)4-5/h3-4H,1-2H3,(H,11,12). The number of aromatic nitrogens is 1. The average molecular weight is 167 g/mol. The fourth-order valence-electron chi connectivity index (χ4n) is 1.03. The van der Waals surface area contributed by atoms with Gasteiger partial charge in [0.05, 0.1) is 0 Å². The zero-order valence-electron chi connectivity index (χ0n) is 6.87. The summed E-state index contributed by atoms with van der Waals surface area (Å²) in [6.07, 6.45) is 1.59. The fraction of sp³-hybridized carbons (Fsp3) is 0.250. The summed E-state index contributed by atoms with van der Waals surface area (Å²) >= 11 is 0. The molecule has 1 aromatic heterocycles. The highest BCUT2D eigenvalue weighted by molar-refractivity contribution is 5.87. The molecular formula is C8H9NO3. The molecule has 0 aliphatic rings. The maximum Gasteiger partial charge on any atom is 0.341 e. The van der Waals surface area contributed by atoms with Crippen LogP contribution in [0.15, 0.2) is 17.1 Å². The van der Waals surface area contributed by atoms with Gasteiger partial charge < -0.3 is 9.67 Å². The summed E-state index contributed by atoms with van der Waals surface area (Å²) in [7, 11) is 1.53. The Kier molecular flexibility index (Phi) is 1.99. The molecule has 4 heteroatoms. The second-order valence-corrected chi connectivity index (χ2v) is 2.65. The van der Waals surface area contributed by atoms with Gasteiger partial charge in [0.25, 0.3) is 5.56 Å². The van der Waals surface area contributed by atoms with Crippen LogP contribution in [0, 0.1) is 6.92 Å². The number of carbonyl (C=O) groups is 1. The van der Waals surface area contributed by atoms with E-state index in [0.29, 0.717) is 0 Å². The number of aryl methyl sites for hydroxylation is 2. The first-order valence-electron chi connectivity index (χ1n) is 3.43. The van der Waals surface area contributed by atoms with E-state index in [-0.39, 0.29) is 5.56 Å². The van der Waals surface area contributed by atoms with Crippen molar-refractivity contribution in [3.63, 3.8) is 0 Å². The molecule has 0 amide bonds. The van der Waals surface area contributed by atoms with Crippen molar-refractivity contribution in [2.45, 2.75) is 6.92 Å². The van der Waals surface area contributed by atoms with E-state index in [2.05, 4.69) is 0 Å². The van der Waals surface area contributed by atoms with Crippen LogP contribution in [0.25, 0.3) is 0 Å². The first-order valence-corrected chi connectivity index (χ1v) is 3.43. The van der Waals surface area contributed by atoms with E-state index in [4.69, 9.17) is 5.11 Å². The summed E-state index contributed by atoms with van der Waals surface area (Å²) in [5.41, 5.74) is 0.0973. The molecule has 1 aromatic rings. The highest BCUT2D eigenvalue weighted by Gasteiger charge is 2.09. The number of hydrogen-bond donors (Lipinski definition) is 1. The maximum atomic E-state index is 11.1. The monoisotopic (exact) mass is 167 g/mol. The largest absolute Gasteiger partial charge is 0.477 e. The molecular weight excluding hydrogens is 158 g/mol. The van der Waals surface area contributed by atoms with Crippen LogP contribution < -0.4 is 5.56 Å². The Morgan fingerprint density at radius 1 is 1.58 bits per heavy atom. The van der Waals surface area contributed by atoms with E-state index in [0.717, 1.165) is 5.56 Å². The van der Waals surface area contributed by atoms with Gasteiger partial charge in [-0.2, -0.15) is 0 Å². The maximum absolute atomic E-state index is 11.1. The predicted molar refractivity (Wildman–Crippen MR) is 43.4 cm³/mol. The normalized spacial score (nSPS) is 9.83. The zero-order valence-corrected chi connectivity index (χ0v) is 6.87. The molecule has 1 rings (SSSR count). The van der Waals surface area contributed by atoms with Crippen LogP contribution in [0.1, 0.15) is 15.9 Å². The smallest absolute Gasteiger partial charge is 0.341 e. The first kappa shape index (κ1) is 8.52. The highest BCUT2D eigenvalue weighted by Crippen LogP contribution is 1.97. The summed E-state index contributed by atoms with van der Waals surface area (Å²) in [5.74, 6) is -1.18. The lowest BCUT2D eigenvalue weighted by Crippen LogP contribution is -2.23. The fourth-order valence-corrected chi connectivity index (χ4v) is 1.03. The molecule has 0 aliphatic heterocycles. The van der Waals surface area contributed by atoms with Crippen molar-refractivity contribution >= 4 is 5.97 Å². The lowest BCUT2D eigenvalue weighted by atomic mass is 10.2. The molecule has 0 saturated carbocycles. The Bertz CT molecular complexity index is 378. The van der Waals surface area contributed by atoms with Gasteiger partial charge in [0.1, 0.15) is 5.56 Å². The molecule has 0 spiro atoms. The van der Waals surface area contributed by atoms with Gasteiger partial charge in [-0.05, 0) is 18.6 Å². The van der Waals surface area contributed by atoms with E-state index in [1.54, 1.807) is 13.1 Å². The lowest BCUT2D eigenvalue weighted by Gasteiger charge is -2.00. The molecule has 0 radical (unpaired) electrons. The summed E-state index contributed by atoms with van der Waals surface area (Å²) < 4.78 is 1.26. The molecule has 0 aromatic carbocycles. The third-order valence-corrected chi connectivity index (χ3v) is 1.55. The minimum Gasteiger partial charge on any atom is -0.477 e. The topological polar surface area (TPSA) is 59.3 Å². The van der Waals surface area contributed by atoms with Gasteiger partial charge in [0, 0.05) is 13.2 Å². The van der Waals surface area contributed by atoms with E-state index < -0.39 is 11.5 Å². The molecule has 0 bridgehead atoms. The zero-order chi connectivity index (χ0) is 9.30. The van der Waals surface area contributed by atoms with Crippen molar-refractivity contribution in [2.75, 3.05) is 0 Å². The van der Waals surface area contributed by atoms with Gasteiger partial charge in [-0.1, -0.05) is 0 Å². The van der Waals surface area contributed by atoms with Crippen LogP contribution in [-0.4, -0.2) is 15.6 Å². The summed E-state index contributed by atoms with van der Waals surface area (Å²) in [4.78, 5) is 21.7. The number of rotatable bonds is 1. The molecule has 12 heavy (non-hydrogen) atoms. The quantitative estimate of drug-likeness (QED) is 0.658. The Morgan fingerprint density at radius 2 is 2.17 bits per heavy atom. The first-order chi connectivity index (χ1) is 5.52. The van der Waals surface area contributed by atoms with Gasteiger partial charge in [-0.25, -0.2) is 4.79 Å². The van der Waals surface area contributed by atoms with E-state index in [1.807, 2.05) is 0 Å². The Balaban J connectivity index is 3.49. The molecule has 0 saturated heterocycles. The second-order valence-electron chi connectivity index (χ2n) is 2.65. The third kappa shape index (κ3) is 1.37. The average Bonchev–Trinajstić information content (AvgIpc) is 1.96. The summed E-state index contributed by atoms with van der Waals surface area (Å²) in [5, 5.41) is 8.60.